The molecular formula is C26H36N4O4. The first-order chi connectivity index (χ1) is 16.3. The number of hydrazine groups is 2. The van der Waals surface area contributed by atoms with Gasteiger partial charge in [0.1, 0.15) is 13.2 Å². The van der Waals surface area contributed by atoms with E-state index >= 15 is 0 Å². The summed E-state index contributed by atoms with van der Waals surface area (Å²) in [6.07, 6.45) is 1.03. The fourth-order valence-corrected chi connectivity index (χ4v) is 4.15. The SMILES string of the molecule is CC(C)N1NC(=O)OC[C@@H]1Cc1ccccc1.CC(C)N1NC(=O)OC[C@@H]1Cc1ccccc1. The molecule has 0 bridgehead atoms. The van der Waals surface area contributed by atoms with Crippen molar-refractivity contribution in [3.8, 4) is 0 Å². The summed E-state index contributed by atoms with van der Waals surface area (Å²) in [7, 11) is 0. The third kappa shape index (κ3) is 7.46. The summed E-state index contributed by atoms with van der Waals surface area (Å²) in [6, 6.07) is 21.4. The van der Waals surface area contributed by atoms with E-state index in [0.29, 0.717) is 13.2 Å². The van der Waals surface area contributed by atoms with Crippen LogP contribution in [0, 0.1) is 0 Å². The van der Waals surface area contributed by atoms with Crippen LogP contribution < -0.4 is 10.9 Å². The molecule has 8 heteroatoms. The molecule has 2 N–H and O–H groups in total. The molecule has 2 amide bonds. The fraction of sp³-hybridized carbons (Fsp3) is 0.462. The van der Waals surface area contributed by atoms with Gasteiger partial charge >= 0.3 is 12.2 Å². The number of hydrogen-bond acceptors (Lipinski definition) is 6. The molecule has 8 nitrogen and oxygen atoms in total. The molecule has 34 heavy (non-hydrogen) atoms. The van der Waals surface area contributed by atoms with Gasteiger partial charge in [-0.15, -0.1) is 0 Å². The summed E-state index contributed by atoms with van der Waals surface area (Å²) in [5.41, 5.74) is 8.02. The number of carbonyl (C=O) groups excluding carboxylic acids is 2. The van der Waals surface area contributed by atoms with Gasteiger partial charge in [-0.2, -0.15) is 0 Å². The second kappa shape index (κ2) is 12.4. The average Bonchev–Trinajstić information content (AvgIpc) is 2.83. The molecule has 2 aromatic rings. The molecule has 0 radical (unpaired) electrons. The third-order valence-electron chi connectivity index (χ3n) is 5.78. The van der Waals surface area contributed by atoms with Crippen LogP contribution in [0.1, 0.15) is 38.8 Å². The minimum atomic E-state index is -0.358. The summed E-state index contributed by atoms with van der Waals surface area (Å²) in [5.74, 6) is 0. The molecule has 0 aliphatic carbocycles. The molecule has 2 saturated heterocycles. The number of benzene rings is 2. The predicted octanol–water partition coefficient (Wildman–Crippen LogP) is 3.93. The molecule has 0 spiro atoms. The molecule has 184 valence electrons. The lowest BCUT2D eigenvalue weighted by molar-refractivity contribution is -0.00975. The number of carbonyl (C=O) groups is 2. The van der Waals surface area contributed by atoms with Crippen LogP contribution in [0.15, 0.2) is 60.7 Å². The highest BCUT2D eigenvalue weighted by molar-refractivity contribution is 5.67. The summed E-state index contributed by atoms with van der Waals surface area (Å²) >= 11 is 0. The molecular weight excluding hydrogens is 432 g/mol. The van der Waals surface area contributed by atoms with Crippen molar-refractivity contribution in [2.45, 2.75) is 64.7 Å². The van der Waals surface area contributed by atoms with Crippen molar-refractivity contribution < 1.29 is 19.1 Å². The van der Waals surface area contributed by atoms with Gasteiger partial charge in [0.15, 0.2) is 0 Å². The van der Waals surface area contributed by atoms with E-state index in [2.05, 4.69) is 62.8 Å². The standard InChI is InChI=1S/2C13H18N2O2/c2*1-10(2)15-12(9-17-13(16)14-15)8-11-6-4-3-5-7-11/h2*3-7,10,12H,8-9H2,1-2H3,(H,14,16)/t2*12-/m00/s1. The molecule has 4 rings (SSSR count). The predicted molar refractivity (Wildman–Crippen MR) is 131 cm³/mol. The Kier molecular flexibility index (Phi) is 9.30. The summed E-state index contributed by atoms with van der Waals surface area (Å²) in [5, 5.41) is 3.94. The van der Waals surface area contributed by atoms with Gasteiger partial charge in [0.2, 0.25) is 0 Å². The van der Waals surface area contributed by atoms with Crippen LogP contribution in [0.25, 0.3) is 0 Å². The number of cyclic esters (lactones) is 2. The number of ether oxygens (including phenoxy) is 2. The van der Waals surface area contributed by atoms with E-state index in [0.717, 1.165) is 12.8 Å². The summed E-state index contributed by atoms with van der Waals surface area (Å²) < 4.78 is 10.1. The van der Waals surface area contributed by atoms with E-state index in [-0.39, 0.29) is 36.4 Å². The first kappa shape index (κ1) is 25.5. The zero-order valence-electron chi connectivity index (χ0n) is 20.4. The molecule has 2 aliphatic rings. The zero-order valence-corrected chi connectivity index (χ0v) is 20.4. The van der Waals surface area contributed by atoms with Crippen LogP contribution in [0.3, 0.4) is 0 Å². The van der Waals surface area contributed by atoms with Gasteiger partial charge < -0.3 is 9.47 Å². The Morgan fingerprint density at radius 2 is 1.06 bits per heavy atom. The van der Waals surface area contributed by atoms with Crippen molar-refractivity contribution in [1.82, 2.24) is 20.9 Å². The minimum Gasteiger partial charge on any atom is -0.447 e. The van der Waals surface area contributed by atoms with Gasteiger partial charge in [-0.05, 0) is 51.7 Å². The van der Waals surface area contributed by atoms with Crippen molar-refractivity contribution in [3.05, 3.63) is 71.8 Å². The van der Waals surface area contributed by atoms with E-state index < -0.39 is 0 Å². The Hall–Kier alpha value is -3.10. The highest BCUT2D eigenvalue weighted by Crippen LogP contribution is 2.15. The Balaban J connectivity index is 0.000000191. The third-order valence-corrected chi connectivity index (χ3v) is 5.78. The highest BCUT2D eigenvalue weighted by Gasteiger charge is 2.30. The topological polar surface area (TPSA) is 83.1 Å². The number of hydrogen-bond donors (Lipinski definition) is 2. The van der Waals surface area contributed by atoms with Gasteiger partial charge in [0.25, 0.3) is 0 Å². The molecule has 2 heterocycles. The molecule has 2 aliphatic heterocycles. The first-order valence-electron chi connectivity index (χ1n) is 11.8. The van der Waals surface area contributed by atoms with E-state index in [1.165, 1.54) is 11.1 Å². The van der Waals surface area contributed by atoms with Crippen LogP contribution in [-0.4, -0.2) is 59.6 Å². The van der Waals surface area contributed by atoms with Crippen molar-refractivity contribution in [3.63, 3.8) is 0 Å². The van der Waals surface area contributed by atoms with Crippen molar-refractivity contribution in [1.29, 1.82) is 0 Å². The average molecular weight is 469 g/mol. The Morgan fingerprint density at radius 3 is 1.38 bits per heavy atom. The van der Waals surface area contributed by atoms with Gasteiger partial charge in [-0.3, -0.25) is 10.9 Å². The normalized spacial score (nSPS) is 21.1. The maximum Gasteiger partial charge on any atom is 0.421 e. The number of rotatable bonds is 6. The smallest absolute Gasteiger partial charge is 0.421 e. The van der Waals surface area contributed by atoms with Crippen molar-refractivity contribution >= 4 is 12.2 Å². The summed E-state index contributed by atoms with van der Waals surface area (Å²) in [6.45, 7) is 9.12. The van der Waals surface area contributed by atoms with Gasteiger partial charge in [-0.1, -0.05) is 60.7 Å². The second-order valence-electron chi connectivity index (χ2n) is 9.11. The van der Waals surface area contributed by atoms with Gasteiger partial charge in [-0.25, -0.2) is 19.6 Å². The van der Waals surface area contributed by atoms with Crippen LogP contribution in [0.5, 0.6) is 0 Å². The lowest BCUT2D eigenvalue weighted by Crippen LogP contribution is -2.59. The molecule has 0 aromatic heterocycles. The van der Waals surface area contributed by atoms with Gasteiger partial charge in [0.05, 0.1) is 12.1 Å². The van der Waals surface area contributed by atoms with E-state index in [1.807, 2.05) is 46.4 Å². The van der Waals surface area contributed by atoms with Crippen LogP contribution >= 0.6 is 0 Å². The van der Waals surface area contributed by atoms with E-state index in [9.17, 15) is 9.59 Å². The van der Waals surface area contributed by atoms with Crippen molar-refractivity contribution in [2.75, 3.05) is 13.2 Å². The Morgan fingerprint density at radius 1 is 0.706 bits per heavy atom. The minimum absolute atomic E-state index is 0.190. The van der Waals surface area contributed by atoms with Crippen LogP contribution in [0.2, 0.25) is 0 Å². The maximum absolute atomic E-state index is 11.2. The van der Waals surface area contributed by atoms with Crippen molar-refractivity contribution in [2.24, 2.45) is 0 Å². The van der Waals surface area contributed by atoms with Gasteiger partial charge in [0, 0.05) is 12.1 Å². The molecule has 2 fully saturated rings. The molecule has 0 saturated carbocycles. The Bertz CT molecular complexity index is 832. The largest absolute Gasteiger partial charge is 0.447 e. The number of nitrogens with zero attached hydrogens (tertiary/aromatic N) is 2. The maximum atomic E-state index is 11.2. The van der Waals surface area contributed by atoms with E-state index in [1.54, 1.807) is 0 Å². The highest BCUT2D eigenvalue weighted by atomic mass is 16.6. The number of nitrogens with one attached hydrogen (secondary N) is 2. The Labute approximate surface area is 202 Å². The lowest BCUT2D eigenvalue weighted by Gasteiger charge is -2.38. The lowest BCUT2D eigenvalue weighted by atomic mass is 10.1. The van der Waals surface area contributed by atoms with Crippen LogP contribution in [-0.2, 0) is 22.3 Å². The van der Waals surface area contributed by atoms with E-state index in [4.69, 9.17) is 9.47 Å². The first-order valence-corrected chi connectivity index (χ1v) is 11.8. The zero-order chi connectivity index (χ0) is 24.5. The monoisotopic (exact) mass is 468 g/mol. The molecule has 2 atom stereocenters. The second-order valence-corrected chi connectivity index (χ2v) is 9.11. The quantitative estimate of drug-likeness (QED) is 0.669. The number of amides is 2. The fourth-order valence-electron chi connectivity index (χ4n) is 4.15. The van der Waals surface area contributed by atoms with Crippen LogP contribution in [0.4, 0.5) is 9.59 Å². The summed E-state index contributed by atoms with van der Waals surface area (Å²) in [4.78, 5) is 22.4. The molecule has 2 aromatic carbocycles. The molecule has 0 unspecified atom stereocenters.